The van der Waals surface area contributed by atoms with Gasteiger partial charge in [-0.2, -0.15) is 0 Å². The van der Waals surface area contributed by atoms with Gasteiger partial charge in [0.05, 0.1) is 0 Å². The molecule has 0 amide bonds. The van der Waals surface area contributed by atoms with E-state index in [4.69, 9.17) is 5.73 Å². The van der Waals surface area contributed by atoms with Crippen LogP contribution in [0.1, 0.15) is 38.5 Å². The predicted octanol–water partition coefficient (Wildman–Crippen LogP) is 3.19. The third-order valence-corrected chi connectivity index (χ3v) is 4.34. The van der Waals surface area contributed by atoms with Crippen molar-refractivity contribution >= 4 is 0 Å². The Labute approximate surface area is 92.4 Å². The van der Waals surface area contributed by atoms with Crippen LogP contribution >= 0.6 is 0 Å². The first-order valence-corrected chi connectivity index (χ1v) is 5.74. The molecule has 2 rings (SSSR count). The fraction of sp³-hybridized carbons (Fsp3) is 1.00. The van der Waals surface area contributed by atoms with E-state index < -0.39 is 17.3 Å². The van der Waals surface area contributed by atoms with Gasteiger partial charge in [-0.25, -0.2) is 17.6 Å². The summed E-state index contributed by atoms with van der Waals surface area (Å²) in [6.07, 6.45) is -0.168. The van der Waals surface area contributed by atoms with Crippen molar-refractivity contribution < 1.29 is 17.6 Å². The van der Waals surface area contributed by atoms with Gasteiger partial charge < -0.3 is 5.73 Å². The molecule has 0 atom stereocenters. The molecular weight excluding hydrogens is 222 g/mol. The zero-order chi connectivity index (χ0) is 12.0. The molecule has 16 heavy (non-hydrogen) atoms. The normalized spacial score (nSPS) is 32.1. The Bertz CT molecular complexity index is 259. The molecule has 0 bridgehead atoms. The molecule has 2 aliphatic carbocycles. The van der Waals surface area contributed by atoms with E-state index in [0.29, 0.717) is 0 Å². The molecule has 0 saturated heterocycles. The molecular formula is C11H17F4N. The summed E-state index contributed by atoms with van der Waals surface area (Å²) >= 11 is 0. The molecule has 2 N–H and O–H groups in total. The summed E-state index contributed by atoms with van der Waals surface area (Å²) in [5.74, 6) is -5.37. The van der Waals surface area contributed by atoms with Crippen molar-refractivity contribution in [2.45, 2.75) is 50.4 Å². The Kier molecular flexibility index (Phi) is 2.72. The Morgan fingerprint density at radius 1 is 0.875 bits per heavy atom. The van der Waals surface area contributed by atoms with Crippen molar-refractivity contribution in [2.24, 2.45) is 17.1 Å². The maximum atomic E-state index is 13.0. The lowest BCUT2D eigenvalue weighted by Gasteiger charge is -2.51. The van der Waals surface area contributed by atoms with Gasteiger partial charge in [-0.1, -0.05) is 0 Å². The van der Waals surface area contributed by atoms with Gasteiger partial charge in [0.15, 0.2) is 0 Å². The third-order valence-electron chi connectivity index (χ3n) is 4.34. The first kappa shape index (κ1) is 12.1. The molecule has 0 aromatic heterocycles. The van der Waals surface area contributed by atoms with Gasteiger partial charge in [0.1, 0.15) is 0 Å². The highest BCUT2D eigenvalue weighted by atomic mass is 19.3. The largest absolute Gasteiger partial charge is 0.330 e. The van der Waals surface area contributed by atoms with Gasteiger partial charge >= 0.3 is 0 Å². The topological polar surface area (TPSA) is 26.0 Å². The van der Waals surface area contributed by atoms with Crippen molar-refractivity contribution in [3.8, 4) is 0 Å². The minimum atomic E-state index is -2.62. The van der Waals surface area contributed by atoms with Crippen molar-refractivity contribution in [2.75, 3.05) is 6.54 Å². The molecule has 0 radical (unpaired) electrons. The summed E-state index contributed by atoms with van der Waals surface area (Å²) in [6, 6.07) is 0. The van der Waals surface area contributed by atoms with Crippen LogP contribution in [0, 0.1) is 11.3 Å². The van der Waals surface area contributed by atoms with Crippen molar-refractivity contribution in [3.63, 3.8) is 0 Å². The van der Waals surface area contributed by atoms with Crippen LogP contribution in [0.5, 0.6) is 0 Å². The highest BCUT2D eigenvalue weighted by Crippen LogP contribution is 2.57. The minimum absolute atomic E-state index is 0.163. The molecule has 0 heterocycles. The molecule has 2 aliphatic rings. The lowest BCUT2D eigenvalue weighted by atomic mass is 9.57. The second-order valence-electron chi connectivity index (χ2n) is 5.38. The fourth-order valence-electron chi connectivity index (χ4n) is 2.99. The van der Waals surface area contributed by atoms with Crippen LogP contribution in [0.25, 0.3) is 0 Å². The molecule has 0 aliphatic heterocycles. The van der Waals surface area contributed by atoms with Gasteiger partial charge in [0.25, 0.3) is 0 Å². The summed E-state index contributed by atoms with van der Waals surface area (Å²) in [7, 11) is 0. The van der Waals surface area contributed by atoms with Gasteiger partial charge in [0, 0.05) is 25.7 Å². The second kappa shape index (κ2) is 3.59. The first-order valence-electron chi connectivity index (χ1n) is 5.74. The second-order valence-corrected chi connectivity index (χ2v) is 5.38. The molecule has 0 aromatic carbocycles. The molecule has 2 saturated carbocycles. The van der Waals surface area contributed by atoms with Crippen LogP contribution < -0.4 is 5.73 Å². The van der Waals surface area contributed by atoms with E-state index in [1.165, 1.54) is 0 Å². The number of rotatable bonds is 2. The average Bonchev–Trinajstić information content (AvgIpc) is 2.15. The Morgan fingerprint density at radius 3 is 1.75 bits per heavy atom. The fourth-order valence-corrected chi connectivity index (χ4v) is 2.99. The van der Waals surface area contributed by atoms with Gasteiger partial charge in [-0.3, -0.25) is 0 Å². The minimum Gasteiger partial charge on any atom is -0.330 e. The molecule has 5 heteroatoms. The standard InChI is InChI=1S/C11H17F4N/c12-10(13)3-1-9(7-16,2-4-10)8-5-11(14,15)6-8/h8H,1-7,16H2. The highest BCUT2D eigenvalue weighted by molar-refractivity contribution is 5.01. The molecule has 0 aromatic rings. The monoisotopic (exact) mass is 239 g/mol. The first-order chi connectivity index (χ1) is 7.29. The third kappa shape index (κ3) is 2.06. The lowest BCUT2D eigenvalue weighted by Crippen LogP contribution is -2.52. The van der Waals surface area contributed by atoms with Gasteiger partial charge in [-0.05, 0) is 30.7 Å². The predicted molar refractivity (Wildman–Crippen MR) is 52.6 cm³/mol. The Balaban J connectivity index is 2.00. The van der Waals surface area contributed by atoms with Gasteiger partial charge in [-0.15, -0.1) is 0 Å². The Hall–Kier alpha value is -0.320. The van der Waals surface area contributed by atoms with Gasteiger partial charge in [0.2, 0.25) is 11.8 Å². The van der Waals surface area contributed by atoms with E-state index in [1.54, 1.807) is 0 Å². The highest BCUT2D eigenvalue weighted by Gasteiger charge is 2.56. The molecule has 1 nitrogen and oxygen atoms in total. The van der Waals surface area contributed by atoms with E-state index >= 15 is 0 Å². The number of halogens is 4. The SMILES string of the molecule is NCC1(C2CC(F)(F)C2)CCC(F)(F)CC1. The van der Waals surface area contributed by atoms with E-state index in [9.17, 15) is 17.6 Å². The smallest absolute Gasteiger partial charge is 0.248 e. The molecule has 94 valence electrons. The van der Waals surface area contributed by atoms with Crippen LogP contribution in [-0.2, 0) is 0 Å². The lowest BCUT2D eigenvalue weighted by molar-refractivity contribution is -0.168. The van der Waals surface area contributed by atoms with E-state index in [-0.39, 0.29) is 51.0 Å². The Morgan fingerprint density at radius 2 is 1.38 bits per heavy atom. The van der Waals surface area contributed by atoms with Crippen LogP contribution in [0.15, 0.2) is 0 Å². The van der Waals surface area contributed by atoms with E-state index in [1.807, 2.05) is 0 Å². The quantitative estimate of drug-likeness (QED) is 0.736. The molecule has 2 fully saturated rings. The van der Waals surface area contributed by atoms with Crippen molar-refractivity contribution in [1.29, 1.82) is 0 Å². The average molecular weight is 239 g/mol. The van der Waals surface area contributed by atoms with Crippen LogP contribution in [-0.4, -0.2) is 18.4 Å². The summed E-state index contributed by atoms with van der Waals surface area (Å²) in [5, 5.41) is 0. The summed E-state index contributed by atoms with van der Waals surface area (Å²) in [5.41, 5.74) is 5.18. The summed E-state index contributed by atoms with van der Waals surface area (Å²) < 4.78 is 51.7. The van der Waals surface area contributed by atoms with E-state index in [0.717, 1.165) is 0 Å². The van der Waals surface area contributed by atoms with Crippen molar-refractivity contribution in [1.82, 2.24) is 0 Å². The van der Waals surface area contributed by atoms with Crippen LogP contribution in [0.2, 0.25) is 0 Å². The van der Waals surface area contributed by atoms with Crippen molar-refractivity contribution in [3.05, 3.63) is 0 Å². The summed E-state index contributed by atoms with van der Waals surface area (Å²) in [4.78, 5) is 0. The number of nitrogens with two attached hydrogens (primary N) is 1. The molecule has 0 spiro atoms. The maximum absolute atomic E-state index is 13.0. The van der Waals surface area contributed by atoms with Crippen LogP contribution in [0.3, 0.4) is 0 Å². The number of alkyl halides is 4. The zero-order valence-electron chi connectivity index (χ0n) is 9.12. The zero-order valence-corrected chi connectivity index (χ0v) is 9.12. The number of hydrogen-bond acceptors (Lipinski definition) is 1. The van der Waals surface area contributed by atoms with Crippen LogP contribution in [0.4, 0.5) is 17.6 Å². The van der Waals surface area contributed by atoms with E-state index in [2.05, 4.69) is 0 Å². The number of hydrogen-bond donors (Lipinski definition) is 1. The molecule has 0 unspecified atom stereocenters. The maximum Gasteiger partial charge on any atom is 0.248 e. The summed E-state index contributed by atoms with van der Waals surface area (Å²) in [6.45, 7) is 0.254.